The Labute approximate surface area is 128 Å². The topological polar surface area (TPSA) is 47.8 Å². The fraction of sp³-hybridized carbons (Fsp3) is 0.824. The van der Waals surface area contributed by atoms with Crippen LogP contribution in [-0.2, 0) is 23.2 Å². The van der Waals surface area contributed by atoms with Crippen LogP contribution in [0, 0.1) is 11.3 Å². The minimum atomic E-state index is -0.241. The molecular weight excluding hydrogens is 262 g/mol. The highest BCUT2D eigenvalue weighted by Crippen LogP contribution is 2.30. The molecule has 4 nitrogen and oxygen atoms in total. The first-order chi connectivity index (χ1) is 9.60. The molecule has 21 heavy (non-hydrogen) atoms. The second-order valence-corrected chi connectivity index (χ2v) is 8.31. The van der Waals surface area contributed by atoms with Crippen molar-refractivity contribution in [3.8, 4) is 0 Å². The van der Waals surface area contributed by atoms with Gasteiger partial charge in [0.1, 0.15) is 5.78 Å². The molecular formula is C17H29N3O. The summed E-state index contributed by atoms with van der Waals surface area (Å²) in [5.41, 5.74) is 2.07. The third-order valence-corrected chi connectivity index (χ3v) is 4.28. The Balaban J connectivity index is 2.22. The van der Waals surface area contributed by atoms with Crippen molar-refractivity contribution in [3.63, 3.8) is 0 Å². The van der Waals surface area contributed by atoms with Gasteiger partial charge in [-0.3, -0.25) is 4.79 Å². The quantitative estimate of drug-likeness (QED) is 0.795. The van der Waals surface area contributed by atoms with Gasteiger partial charge in [-0.15, -0.1) is 5.10 Å². The van der Waals surface area contributed by atoms with Crippen LogP contribution >= 0.6 is 0 Å². The summed E-state index contributed by atoms with van der Waals surface area (Å²) in [4.78, 5) is 12.6. The van der Waals surface area contributed by atoms with Gasteiger partial charge in [0.2, 0.25) is 0 Å². The number of Topliss-reactive ketones (excluding diaryl/α,β-unsaturated/α-hetero) is 1. The number of carbonyl (C=O) groups excluding carboxylic acids is 1. The lowest BCUT2D eigenvalue weighted by Gasteiger charge is -2.27. The fourth-order valence-electron chi connectivity index (χ4n) is 3.16. The van der Waals surface area contributed by atoms with Gasteiger partial charge >= 0.3 is 0 Å². The lowest BCUT2D eigenvalue weighted by molar-refractivity contribution is -0.130. The summed E-state index contributed by atoms with van der Waals surface area (Å²) in [6.07, 6.45) is 4.79. The van der Waals surface area contributed by atoms with Crippen LogP contribution in [0.15, 0.2) is 0 Å². The van der Waals surface area contributed by atoms with Crippen LogP contribution in [0.25, 0.3) is 0 Å². The van der Waals surface area contributed by atoms with Crippen LogP contribution in [-0.4, -0.2) is 20.8 Å². The van der Waals surface area contributed by atoms with Crippen molar-refractivity contribution in [3.05, 3.63) is 11.4 Å². The van der Waals surface area contributed by atoms with Gasteiger partial charge in [0.25, 0.3) is 0 Å². The third-order valence-electron chi connectivity index (χ3n) is 4.28. The van der Waals surface area contributed by atoms with Gasteiger partial charge in [-0.1, -0.05) is 26.0 Å². The monoisotopic (exact) mass is 291 g/mol. The molecule has 1 aromatic heterocycles. The van der Waals surface area contributed by atoms with E-state index in [4.69, 9.17) is 0 Å². The molecule has 1 aliphatic rings. The Morgan fingerprint density at radius 3 is 2.33 bits per heavy atom. The van der Waals surface area contributed by atoms with Gasteiger partial charge in [-0.25, -0.2) is 4.68 Å². The van der Waals surface area contributed by atoms with Gasteiger partial charge in [0.05, 0.1) is 16.9 Å². The summed E-state index contributed by atoms with van der Waals surface area (Å²) in [6, 6.07) is 0. The number of hydrogen-bond acceptors (Lipinski definition) is 3. The van der Waals surface area contributed by atoms with Gasteiger partial charge in [0.15, 0.2) is 0 Å². The summed E-state index contributed by atoms with van der Waals surface area (Å²) >= 11 is 0. The number of rotatable bonds is 1. The van der Waals surface area contributed by atoms with Crippen molar-refractivity contribution < 1.29 is 4.79 Å². The first-order valence-corrected chi connectivity index (χ1v) is 8.09. The summed E-state index contributed by atoms with van der Waals surface area (Å²) in [5, 5.41) is 8.72. The van der Waals surface area contributed by atoms with E-state index in [2.05, 4.69) is 31.1 Å². The summed E-state index contributed by atoms with van der Waals surface area (Å²) < 4.78 is 2.05. The van der Waals surface area contributed by atoms with E-state index in [0.717, 1.165) is 37.8 Å². The van der Waals surface area contributed by atoms with Crippen molar-refractivity contribution in [1.29, 1.82) is 0 Å². The molecule has 0 bridgehead atoms. The molecule has 0 saturated heterocycles. The normalized spacial score (nSPS) is 20.6. The van der Waals surface area contributed by atoms with E-state index in [-0.39, 0.29) is 16.9 Å². The molecule has 0 amide bonds. The number of aromatic nitrogens is 3. The molecule has 0 fully saturated rings. The zero-order valence-electron chi connectivity index (χ0n) is 14.4. The van der Waals surface area contributed by atoms with Crippen molar-refractivity contribution in [2.24, 2.45) is 11.3 Å². The molecule has 0 N–H and O–H groups in total. The average molecular weight is 291 g/mol. The zero-order valence-corrected chi connectivity index (χ0v) is 14.4. The molecule has 118 valence electrons. The third kappa shape index (κ3) is 3.53. The summed E-state index contributed by atoms with van der Waals surface area (Å²) in [6.45, 7) is 12.5. The molecule has 1 unspecified atom stereocenters. The second kappa shape index (κ2) is 5.54. The van der Waals surface area contributed by atoms with E-state index in [1.54, 1.807) is 0 Å². The summed E-state index contributed by atoms with van der Waals surface area (Å²) in [7, 11) is 0. The molecule has 0 aliphatic heterocycles. The van der Waals surface area contributed by atoms with Crippen LogP contribution in [0.3, 0.4) is 0 Å². The van der Waals surface area contributed by atoms with Crippen LogP contribution < -0.4 is 0 Å². The van der Waals surface area contributed by atoms with Gasteiger partial charge in [-0.05, 0) is 52.9 Å². The first-order valence-electron chi connectivity index (χ1n) is 8.09. The Morgan fingerprint density at radius 1 is 1.10 bits per heavy atom. The van der Waals surface area contributed by atoms with Gasteiger partial charge in [-0.2, -0.15) is 0 Å². The number of hydrogen-bond donors (Lipinski definition) is 0. The van der Waals surface area contributed by atoms with Crippen molar-refractivity contribution in [2.45, 2.75) is 79.2 Å². The van der Waals surface area contributed by atoms with Gasteiger partial charge in [0, 0.05) is 11.3 Å². The van der Waals surface area contributed by atoms with Crippen LogP contribution in [0.1, 0.15) is 72.2 Å². The van der Waals surface area contributed by atoms with E-state index in [9.17, 15) is 4.79 Å². The number of carbonyl (C=O) groups is 1. The molecule has 0 spiro atoms. The molecule has 0 saturated carbocycles. The lowest BCUT2D eigenvalue weighted by Crippen LogP contribution is -2.31. The smallest absolute Gasteiger partial charge is 0.141 e. The van der Waals surface area contributed by atoms with Crippen molar-refractivity contribution in [2.75, 3.05) is 0 Å². The molecule has 0 aromatic carbocycles. The van der Waals surface area contributed by atoms with Gasteiger partial charge < -0.3 is 0 Å². The molecule has 1 aliphatic carbocycles. The predicted molar refractivity (Wildman–Crippen MR) is 84.2 cm³/mol. The van der Waals surface area contributed by atoms with Crippen LogP contribution in [0.4, 0.5) is 0 Å². The van der Waals surface area contributed by atoms with E-state index >= 15 is 0 Å². The SMILES string of the molecule is CC(C)(C)C(=O)C1CCCc2nnn(C(C)(C)C)c2CC1. The average Bonchev–Trinajstić information content (AvgIpc) is 2.69. The Morgan fingerprint density at radius 2 is 1.76 bits per heavy atom. The molecule has 1 atom stereocenters. The maximum Gasteiger partial charge on any atom is 0.141 e. The summed E-state index contributed by atoms with van der Waals surface area (Å²) in [5.74, 6) is 0.585. The highest BCUT2D eigenvalue weighted by atomic mass is 16.1. The minimum absolute atomic E-state index is 0.0523. The maximum absolute atomic E-state index is 12.6. The Bertz CT molecular complexity index is 517. The van der Waals surface area contributed by atoms with Crippen LogP contribution in [0.2, 0.25) is 0 Å². The highest BCUT2D eigenvalue weighted by Gasteiger charge is 2.31. The standard InChI is InChI=1S/C17H29N3O/c1-16(2,3)15(21)12-8-7-9-13-14(11-10-12)20(19-18-13)17(4,5)6/h12H,7-11H2,1-6H3. The first kappa shape index (κ1) is 16.2. The molecule has 2 rings (SSSR count). The predicted octanol–water partition coefficient (Wildman–Crippen LogP) is 3.53. The van der Waals surface area contributed by atoms with Crippen LogP contribution in [0.5, 0.6) is 0 Å². The van der Waals surface area contributed by atoms with E-state index in [1.165, 1.54) is 5.69 Å². The zero-order chi connectivity index (χ0) is 15.8. The second-order valence-electron chi connectivity index (χ2n) is 8.31. The van der Waals surface area contributed by atoms with Crippen molar-refractivity contribution >= 4 is 5.78 Å². The fourth-order valence-corrected chi connectivity index (χ4v) is 3.16. The Kier molecular flexibility index (Phi) is 4.27. The largest absolute Gasteiger partial charge is 0.299 e. The number of ketones is 1. The molecule has 4 heteroatoms. The van der Waals surface area contributed by atoms with E-state index in [0.29, 0.717) is 5.78 Å². The van der Waals surface area contributed by atoms with Crippen molar-refractivity contribution in [1.82, 2.24) is 15.0 Å². The minimum Gasteiger partial charge on any atom is -0.299 e. The number of fused-ring (bicyclic) bond motifs is 1. The maximum atomic E-state index is 12.6. The highest BCUT2D eigenvalue weighted by molar-refractivity contribution is 5.85. The molecule has 1 aromatic rings. The lowest BCUT2D eigenvalue weighted by atomic mass is 9.78. The number of aryl methyl sites for hydroxylation is 1. The molecule has 0 radical (unpaired) electrons. The number of nitrogens with zero attached hydrogens (tertiary/aromatic N) is 3. The van der Waals surface area contributed by atoms with E-state index < -0.39 is 0 Å². The molecule has 1 heterocycles. The van der Waals surface area contributed by atoms with E-state index in [1.807, 2.05) is 25.5 Å². The Hall–Kier alpha value is -1.19.